The first-order valence-electron chi connectivity index (χ1n) is 8.15. The Labute approximate surface area is 142 Å². The Morgan fingerprint density at radius 3 is 2.04 bits per heavy atom. The van der Waals surface area contributed by atoms with Crippen molar-refractivity contribution in [2.45, 2.75) is 0 Å². The monoisotopic (exact) mass is 327 g/mol. The molecular weight excluding hydrogens is 304 g/mol. The summed E-state index contributed by atoms with van der Waals surface area (Å²) < 4.78 is 10.7. The van der Waals surface area contributed by atoms with E-state index in [0.29, 0.717) is 30.2 Å². The van der Waals surface area contributed by atoms with E-state index in [9.17, 15) is 4.79 Å². The second-order valence-electron chi connectivity index (χ2n) is 5.80. The first-order valence-corrected chi connectivity index (χ1v) is 8.15. The number of hydrogen-bond donors (Lipinski definition) is 1. The highest BCUT2D eigenvalue weighted by Crippen LogP contribution is 2.29. The van der Waals surface area contributed by atoms with Crippen molar-refractivity contribution in [2.24, 2.45) is 0 Å². The van der Waals surface area contributed by atoms with Gasteiger partial charge in [-0.25, -0.2) is 0 Å². The SMILES string of the molecule is COc1cccc(OC)c1C(=O)N1CC[NH+](c2ccccc2)CC1. The summed E-state index contributed by atoms with van der Waals surface area (Å²) in [6.45, 7) is 3.22. The lowest BCUT2D eigenvalue weighted by Crippen LogP contribution is -3.10. The van der Waals surface area contributed by atoms with E-state index in [1.807, 2.05) is 17.0 Å². The van der Waals surface area contributed by atoms with E-state index in [1.54, 1.807) is 26.4 Å². The zero-order valence-corrected chi connectivity index (χ0v) is 14.1. The molecule has 5 nitrogen and oxygen atoms in total. The van der Waals surface area contributed by atoms with Gasteiger partial charge in [-0.05, 0) is 24.3 Å². The molecule has 0 bridgehead atoms. The van der Waals surface area contributed by atoms with Crippen molar-refractivity contribution >= 4 is 11.6 Å². The molecule has 1 heterocycles. The quantitative estimate of drug-likeness (QED) is 0.922. The van der Waals surface area contributed by atoms with Gasteiger partial charge in [-0.2, -0.15) is 0 Å². The van der Waals surface area contributed by atoms with Gasteiger partial charge in [0.25, 0.3) is 5.91 Å². The molecule has 2 aromatic rings. The van der Waals surface area contributed by atoms with Gasteiger partial charge in [-0.15, -0.1) is 0 Å². The normalized spacial score (nSPS) is 15.2. The molecule has 24 heavy (non-hydrogen) atoms. The van der Waals surface area contributed by atoms with Crippen molar-refractivity contribution < 1.29 is 19.2 Å². The zero-order valence-electron chi connectivity index (χ0n) is 14.1. The fraction of sp³-hybridized carbons (Fsp3) is 0.316. The Morgan fingerprint density at radius 2 is 1.50 bits per heavy atom. The van der Waals surface area contributed by atoms with Crippen molar-refractivity contribution in [3.8, 4) is 11.5 Å². The summed E-state index contributed by atoms with van der Waals surface area (Å²) in [5.41, 5.74) is 1.78. The number of piperazine rings is 1. The Bertz CT molecular complexity index is 673. The summed E-state index contributed by atoms with van der Waals surface area (Å²) in [6, 6.07) is 15.8. The van der Waals surface area contributed by atoms with Gasteiger partial charge < -0.3 is 14.4 Å². The Kier molecular flexibility index (Phi) is 5.01. The maximum absolute atomic E-state index is 13.0. The first-order chi connectivity index (χ1) is 11.7. The highest BCUT2D eigenvalue weighted by molar-refractivity contribution is 5.99. The van der Waals surface area contributed by atoms with E-state index >= 15 is 0 Å². The predicted molar refractivity (Wildman–Crippen MR) is 92.2 cm³/mol. The van der Waals surface area contributed by atoms with E-state index in [0.717, 1.165) is 13.1 Å². The van der Waals surface area contributed by atoms with E-state index in [2.05, 4.69) is 24.3 Å². The number of methoxy groups -OCH3 is 2. The molecule has 0 aromatic heterocycles. The van der Waals surface area contributed by atoms with Crippen LogP contribution in [0.25, 0.3) is 0 Å². The molecule has 5 heteroatoms. The Balaban J connectivity index is 1.74. The molecule has 0 spiro atoms. The molecule has 2 aromatic carbocycles. The lowest BCUT2D eigenvalue weighted by Gasteiger charge is -2.32. The van der Waals surface area contributed by atoms with Crippen molar-refractivity contribution in [1.82, 2.24) is 4.90 Å². The van der Waals surface area contributed by atoms with Crippen LogP contribution in [-0.2, 0) is 0 Å². The second-order valence-corrected chi connectivity index (χ2v) is 5.80. The maximum atomic E-state index is 13.0. The molecule has 1 N–H and O–H groups in total. The fourth-order valence-corrected chi connectivity index (χ4v) is 3.16. The highest BCUT2D eigenvalue weighted by Gasteiger charge is 2.29. The number of benzene rings is 2. The van der Waals surface area contributed by atoms with Gasteiger partial charge in [0.05, 0.1) is 40.4 Å². The number of rotatable bonds is 4. The van der Waals surface area contributed by atoms with Crippen LogP contribution in [0, 0.1) is 0 Å². The topological polar surface area (TPSA) is 43.2 Å². The number of amides is 1. The Morgan fingerprint density at radius 1 is 0.917 bits per heavy atom. The fourth-order valence-electron chi connectivity index (χ4n) is 3.16. The zero-order chi connectivity index (χ0) is 16.9. The molecule has 0 aliphatic carbocycles. The number of hydrogen-bond acceptors (Lipinski definition) is 3. The van der Waals surface area contributed by atoms with Crippen LogP contribution in [-0.4, -0.2) is 51.2 Å². The third-order valence-electron chi connectivity index (χ3n) is 4.48. The van der Waals surface area contributed by atoms with Crippen LogP contribution in [0.4, 0.5) is 5.69 Å². The van der Waals surface area contributed by atoms with Gasteiger partial charge in [-0.1, -0.05) is 24.3 Å². The summed E-state index contributed by atoms with van der Waals surface area (Å²) in [5, 5.41) is 0. The lowest BCUT2D eigenvalue weighted by atomic mass is 10.1. The number of carbonyl (C=O) groups excluding carboxylic acids is 1. The molecule has 0 radical (unpaired) electrons. The third-order valence-corrected chi connectivity index (χ3v) is 4.48. The molecule has 0 unspecified atom stereocenters. The molecule has 1 amide bonds. The van der Waals surface area contributed by atoms with E-state index in [4.69, 9.17) is 9.47 Å². The minimum Gasteiger partial charge on any atom is -0.496 e. The van der Waals surface area contributed by atoms with Gasteiger partial charge >= 0.3 is 0 Å². The summed E-state index contributed by atoms with van der Waals surface area (Å²) >= 11 is 0. The summed E-state index contributed by atoms with van der Waals surface area (Å²) in [5.74, 6) is 1.07. The number of ether oxygens (including phenoxy) is 2. The van der Waals surface area contributed by atoms with Crippen LogP contribution in [0.2, 0.25) is 0 Å². The molecular formula is C19H23N2O3+. The van der Waals surface area contributed by atoms with E-state index < -0.39 is 0 Å². The molecule has 1 saturated heterocycles. The largest absolute Gasteiger partial charge is 0.496 e. The first kappa shape index (κ1) is 16.3. The summed E-state index contributed by atoms with van der Waals surface area (Å²) in [7, 11) is 3.14. The minimum atomic E-state index is -0.0311. The maximum Gasteiger partial charge on any atom is 0.261 e. The smallest absolute Gasteiger partial charge is 0.261 e. The summed E-state index contributed by atoms with van der Waals surface area (Å²) in [6.07, 6.45) is 0. The molecule has 1 fully saturated rings. The van der Waals surface area contributed by atoms with Gasteiger partial charge in [0.1, 0.15) is 22.7 Å². The predicted octanol–water partition coefficient (Wildman–Crippen LogP) is 1.38. The van der Waals surface area contributed by atoms with Crippen LogP contribution in [0.3, 0.4) is 0 Å². The van der Waals surface area contributed by atoms with Crippen LogP contribution < -0.4 is 14.4 Å². The van der Waals surface area contributed by atoms with Crippen molar-refractivity contribution in [3.05, 3.63) is 54.1 Å². The van der Waals surface area contributed by atoms with Crippen molar-refractivity contribution in [3.63, 3.8) is 0 Å². The van der Waals surface area contributed by atoms with Crippen LogP contribution >= 0.6 is 0 Å². The number of carbonyl (C=O) groups is 1. The lowest BCUT2D eigenvalue weighted by molar-refractivity contribution is -0.837. The van der Waals surface area contributed by atoms with Gasteiger partial charge in [0.2, 0.25) is 0 Å². The van der Waals surface area contributed by atoms with Crippen LogP contribution in [0.15, 0.2) is 48.5 Å². The molecule has 126 valence electrons. The minimum absolute atomic E-state index is 0.0311. The third kappa shape index (κ3) is 3.21. The average molecular weight is 327 g/mol. The molecule has 0 atom stereocenters. The molecule has 3 rings (SSSR count). The molecule has 1 aliphatic heterocycles. The number of para-hydroxylation sites is 1. The van der Waals surface area contributed by atoms with Crippen molar-refractivity contribution in [2.75, 3.05) is 40.4 Å². The molecule has 0 saturated carbocycles. The number of nitrogens with one attached hydrogen (secondary N) is 1. The van der Waals surface area contributed by atoms with Gasteiger partial charge in [0, 0.05) is 0 Å². The van der Waals surface area contributed by atoms with Gasteiger partial charge in [-0.3, -0.25) is 9.69 Å². The van der Waals surface area contributed by atoms with Crippen LogP contribution in [0.1, 0.15) is 10.4 Å². The average Bonchev–Trinajstić information content (AvgIpc) is 2.67. The van der Waals surface area contributed by atoms with E-state index in [-0.39, 0.29) is 5.91 Å². The molecule has 1 aliphatic rings. The van der Waals surface area contributed by atoms with Crippen molar-refractivity contribution in [1.29, 1.82) is 0 Å². The summed E-state index contributed by atoms with van der Waals surface area (Å²) in [4.78, 5) is 16.2. The highest BCUT2D eigenvalue weighted by atomic mass is 16.5. The van der Waals surface area contributed by atoms with Gasteiger partial charge in [0.15, 0.2) is 0 Å². The van der Waals surface area contributed by atoms with Crippen LogP contribution in [0.5, 0.6) is 11.5 Å². The number of nitrogens with zero attached hydrogens (tertiary/aromatic N) is 1. The van der Waals surface area contributed by atoms with E-state index in [1.165, 1.54) is 10.6 Å². The Hall–Kier alpha value is -2.53. The second kappa shape index (κ2) is 7.36. The standard InChI is InChI=1S/C19H22N2O3/c1-23-16-9-6-10-17(24-2)18(16)19(22)21-13-11-20(12-14-21)15-7-4-3-5-8-15/h3-10H,11-14H2,1-2H3/p+1. The number of quaternary nitrogens is 1.